The van der Waals surface area contributed by atoms with Gasteiger partial charge in [0.15, 0.2) is 5.76 Å². The SMILES string of the molecule is Cc1ccc(C(=O)N2CCN(C(=O)c3ccco3)CC2)cc1C. The van der Waals surface area contributed by atoms with Gasteiger partial charge in [-0.15, -0.1) is 0 Å². The summed E-state index contributed by atoms with van der Waals surface area (Å²) < 4.78 is 5.14. The van der Waals surface area contributed by atoms with E-state index in [1.807, 2.05) is 32.0 Å². The Morgan fingerprint density at radius 1 is 0.913 bits per heavy atom. The first-order valence-corrected chi connectivity index (χ1v) is 7.75. The van der Waals surface area contributed by atoms with E-state index in [9.17, 15) is 9.59 Å². The lowest BCUT2D eigenvalue weighted by molar-refractivity contribution is 0.0518. The average Bonchev–Trinajstić information content (AvgIpc) is 3.11. The summed E-state index contributed by atoms with van der Waals surface area (Å²) in [6, 6.07) is 9.13. The smallest absolute Gasteiger partial charge is 0.289 e. The van der Waals surface area contributed by atoms with Crippen molar-refractivity contribution in [2.45, 2.75) is 13.8 Å². The molecule has 1 aromatic carbocycles. The number of aryl methyl sites for hydroxylation is 2. The van der Waals surface area contributed by atoms with E-state index in [0.717, 1.165) is 5.56 Å². The average molecular weight is 312 g/mol. The second-order valence-corrected chi connectivity index (χ2v) is 5.86. The van der Waals surface area contributed by atoms with Gasteiger partial charge in [-0.1, -0.05) is 6.07 Å². The van der Waals surface area contributed by atoms with Crippen molar-refractivity contribution in [1.29, 1.82) is 0 Å². The molecule has 1 saturated heterocycles. The molecule has 5 heteroatoms. The number of piperazine rings is 1. The first-order chi connectivity index (χ1) is 11.1. The summed E-state index contributed by atoms with van der Waals surface area (Å²) in [5, 5.41) is 0. The fourth-order valence-electron chi connectivity index (χ4n) is 2.73. The molecule has 2 aromatic rings. The van der Waals surface area contributed by atoms with Gasteiger partial charge in [-0.2, -0.15) is 0 Å². The van der Waals surface area contributed by atoms with Crippen molar-refractivity contribution in [2.75, 3.05) is 26.2 Å². The molecule has 2 heterocycles. The fraction of sp³-hybridized carbons (Fsp3) is 0.333. The van der Waals surface area contributed by atoms with E-state index in [-0.39, 0.29) is 11.8 Å². The fourth-order valence-corrected chi connectivity index (χ4v) is 2.73. The van der Waals surface area contributed by atoms with E-state index in [1.54, 1.807) is 21.9 Å². The van der Waals surface area contributed by atoms with Crippen molar-refractivity contribution in [1.82, 2.24) is 9.80 Å². The largest absolute Gasteiger partial charge is 0.459 e. The van der Waals surface area contributed by atoms with Crippen molar-refractivity contribution < 1.29 is 14.0 Å². The Morgan fingerprint density at radius 2 is 1.57 bits per heavy atom. The highest BCUT2D eigenvalue weighted by Crippen LogP contribution is 2.15. The lowest BCUT2D eigenvalue weighted by atomic mass is 10.1. The molecule has 1 fully saturated rings. The molecule has 1 aliphatic rings. The molecule has 0 N–H and O–H groups in total. The molecule has 5 nitrogen and oxygen atoms in total. The molecule has 1 aromatic heterocycles. The van der Waals surface area contributed by atoms with E-state index in [2.05, 4.69) is 0 Å². The van der Waals surface area contributed by atoms with Crippen LogP contribution in [0.2, 0.25) is 0 Å². The van der Waals surface area contributed by atoms with Gasteiger partial charge >= 0.3 is 0 Å². The van der Waals surface area contributed by atoms with Gasteiger partial charge in [0.2, 0.25) is 0 Å². The molecule has 1 aliphatic heterocycles. The van der Waals surface area contributed by atoms with Crippen molar-refractivity contribution in [2.24, 2.45) is 0 Å². The lowest BCUT2D eigenvalue weighted by Gasteiger charge is -2.34. The third-order valence-electron chi connectivity index (χ3n) is 4.34. The van der Waals surface area contributed by atoms with Crippen LogP contribution in [-0.2, 0) is 0 Å². The molecular weight excluding hydrogens is 292 g/mol. The number of rotatable bonds is 2. The minimum Gasteiger partial charge on any atom is -0.459 e. The van der Waals surface area contributed by atoms with Gasteiger partial charge < -0.3 is 14.2 Å². The Labute approximate surface area is 135 Å². The maximum absolute atomic E-state index is 12.6. The summed E-state index contributed by atoms with van der Waals surface area (Å²) in [6.07, 6.45) is 1.49. The molecule has 0 spiro atoms. The van der Waals surface area contributed by atoms with Crippen LogP contribution < -0.4 is 0 Å². The van der Waals surface area contributed by atoms with Crippen LogP contribution in [0.1, 0.15) is 32.0 Å². The first kappa shape index (κ1) is 15.3. The monoisotopic (exact) mass is 312 g/mol. The predicted molar refractivity (Wildman–Crippen MR) is 86.4 cm³/mol. The molecule has 3 rings (SSSR count). The summed E-state index contributed by atoms with van der Waals surface area (Å²) in [6.45, 7) is 6.16. The molecule has 2 amide bonds. The number of nitrogens with zero attached hydrogens (tertiary/aromatic N) is 2. The van der Waals surface area contributed by atoms with Crippen LogP contribution in [-0.4, -0.2) is 47.8 Å². The second kappa shape index (κ2) is 6.28. The zero-order chi connectivity index (χ0) is 16.4. The number of furan rings is 1. The highest BCUT2D eigenvalue weighted by Gasteiger charge is 2.26. The van der Waals surface area contributed by atoms with Crippen molar-refractivity contribution in [3.63, 3.8) is 0 Å². The van der Waals surface area contributed by atoms with Crippen LogP contribution in [0.3, 0.4) is 0 Å². The van der Waals surface area contributed by atoms with Gasteiger partial charge in [0, 0.05) is 31.7 Å². The van der Waals surface area contributed by atoms with E-state index in [1.165, 1.54) is 11.8 Å². The molecule has 0 radical (unpaired) electrons. The minimum absolute atomic E-state index is 0.0261. The van der Waals surface area contributed by atoms with Gasteiger partial charge in [-0.05, 0) is 49.2 Å². The number of carbonyl (C=O) groups is 2. The Hall–Kier alpha value is -2.56. The molecule has 0 aliphatic carbocycles. The molecule has 23 heavy (non-hydrogen) atoms. The van der Waals surface area contributed by atoms with Crippen LogP contribution in [0.15, 0.2) is 41.0 Å². The van der Waals surface area contributed by atoms with E-state index in [0.29, 0.717) is 37.5 Å². The minimum atomic E-state index is -0.117. The topological polar surface area (TPSA) is 53.8 Å². The number of carbonyl (C=O) groups excluding carboxylic acids is 2. The van der Waals surface area contributed by atoms with Crippen LogP contribution >= 0.6 is 0 Å². The molecule has 0 saturated carbocycles. The van der Waals surface area contributed by atoms with Crippen LogP contribution in [0.25, 0.3) is 0 Å². The van der Waals surface area contributed by atoms with E-state index >= 15 is 0 Å². The van der Waals surface area contributed by atoms with Crippen LogP contribution in [0.5, 0.6) is 0 Å². The Kier molecular flexibility index (Phi) is 4.19. The molecule has 120 valence electrons. The third kappa shape index (κ3) is 3.13. The van der Waals surface area contributed by atoms with Crippen LogP contribution in [0.4, 0.5) is 0 Å². The second-order valence-electron chi connectivity index (χ2n) is 5.86. The third-order valence-corrected chi connectivity index (χ3v) is 4.34. The number of hydrogen-bond acceptors (Lipinski definition) is 3. The maximum Gasteiger partial charge on any atom is 0.289 e. The Morgan fingerprint density at radius 3 is 2.13 bits per heavy atom. The van der Waals surface area contributed by atoms with Gasteiger partial charge in [0.25, 0.3) is 11.8 Å². The Balaban J connectivity index is 1.63. The zero-order valence-corrected chi connectivity index (χ0v) is 13.4. The summed E-state index contributed by atoms with van der Waals surface area (Å²) in [4.78, 5) is 28.3. The Bertz CT molecular complexity index is 714. The van der Waals surface area contributed by atoms with Gasteiger partial charge in [0.05, 0.1) is 6.26 Å². The summed E-state index contributed by atoms with van der Waals surface area (Å²) in [5.74, 6) is 0.255. The highest BCUT2D eigenvalue weighted by molar-refractivity contribution is 5.95. The van der Waals surface area contributed by atoms with Crippen molar-refractivity contribution in [3.05, 3.63) is 59.0 Å². The highest BCUT2D eigenvalue weighted by atomic mass is 16.3. The standard InChI is InChI=1S/C18H20N2O3/c1-13-5-6-15(12-14(13)2)17(21)19-7-9-20(10-8-19)18(22)16-4-3-11-23-16/h3-6,11-12H,7-10H2,1-2H3. The molecule has 0 atom stereocenters. The normalized spacial score (nSPS) is 14.9. The van der Waals surface area contributed by atoms with Gasteiger partial charge in [-0.3, -0.25) is 9.59 Å². The maximum atomic E-state index is 12.6. The predicted octanol–water partition coefficient (Wildman–Crippen LogP) is 2.49. The quantitative estimate of drug-likeness (QED) is 0.856. The first-order valence-electron chi connectivity index (χ1n) is 7.75. The summed E-state index contributed by atoms with van der Waals surface area (Å²) in [7, 11) is 0. The van der Waals surface area contributed by atoms with Gasteiger partial charge in [-0.25, -0.2) is 0 Å². The molecule has 0 unspecified atom stereocenters. The van der Waals surface area contributed by atoms with E-state index in [4.69, 9.17) is 4.42 Å². The molecule has 0 bridgehead atoms. The summed E-state index contributed by atoms with van der Waals surface area (Å²) >= 11 is 0. The lowest BCUT2D eigenvalue weighted by Crippen LogP contribution is -2.50. The molecular formula is C18H20N2O3. The number of hydrogen-bond donors (Lipinski definition) is 0. The summed E-state index contributed by atoms with van der Waals surface area (Å²) in [5.41, 5.74) is 3.00. The zero-order valence-electron chi connectivity index (χ0n) is 13.4. The van der Waals surface area contributed by atoms with E-state index < -0.39 is 0 Å². The van der Waals surface area contributed by atoms with Gasteiger partial charge in [0.1, 0.15) is 0 Å². The number of benzene rings is 1. The van der Waals surface area contributed by atoms with Crippen molar-refractivity contribution in [3.8, 4) is 0 Å². The van der Waals surface area contributed by atoms with Crippen LogP contribution in [0, 0.1) is 13.8 Å². The number of amides is 2. The van der Waals surface area contributed by atoms with Crippen molar-refractivity contribution >= 4 is 11.8 Å².